The van der Waals surface area contributed by atoms with Gasteiger partial charge in [-0.2, -0.15) is 0 Å². The maximum Gasteiger partial charge on any atom is 0.255 e. The maximum atomic E-state index is 13.0. The molecule has 0 spiro atoms. The third-order valence-electron chi connectivity index (χ3n) is 6.40. The molecule has 0 unspecified atom stereocenters. The Morgan fingerprint density at radius 2 is 1.61 bits per heavy atom. The van der Waals surface area contributed by atoms with Gasteiger partial charge in [-0.3, -0.25) is 19.3 Å². The summed E-state index contributed by atoms with van der Waals surface area (Å²) in [5.41, 5.74) is 1.24. The Morgan fingerprint density at radius 1 is 0.964 bits per heavy atom. The van der Waals surface area contributed by atoms with Crippen LogP contribution in [0, 0.1) is 29.5 Å². The highest BCUT2D eigenvalue weighted by atomic mass is 19.1. The van der Waals surface area contributed by atoms with Gasteiger partial charge in [0.1, 0.15) is 5.82 Å². The second-order valence-electron chi connectivity index (χ2n) is 7.91. The van der Waals surface area contributed by atoms with Crippen LogP contribution in [0.3, 0.4) is 0 Å². The number of hydrogen-bond donors (Lipinski definition) is 1. The lowest BCUT2D eigenvalue weighted by Crippen LogP contribution is -2.33. The minimum Gasteiger partial charge on any atom is -0.322 e. The first-order chi connectivity index (χ1) is 13.5. The summed E-state index contributed by atoms with van der Waals surface area (Å²) >= 11 is 0. The molecule has 2 bridgehead atoms. The molecule has 1 N–H and O–H groups in total. The minimum absolute atomic E-state index is 0.127. The lowest BCUT2D eigenvalue weighted by atomic mass is 9.81. The Balaban J connectivity index is 1.40. The molecule has 142 valence electrons. The zero-order valence-electron chi connectivity index (χ0n) is 15.1. The second-order valence-corrected chi connectivity index (χ2v) is 7.91. The van der Waals surface area contributed by atoms with Crippen molar-refractivity contribution in [2.75, 3.05) is 10.2 Å². The van der Waals surface area contributed by atoms with Gasteiger partial charge in [0, 0.05) is 11.3 Å². The van der Waals surface area contributed by atoms with Crippen LogP contribution in [0.4, 0.5) is 15.8 Å². The van der Waals surface area contributed by atoms with E-state index in [0.717, 1.165) is 19.3 Å². The van der Waals surface area contributed by atoms with Crippen LogP contribution in [0.25, 0.3) is 0 Å². The normalized spacial score (nSPS) is 28.0. The summed E-state index contributed by atoms with van der Waals surface area (Å²) in [7, 11) is 0. The van der Waals surface area contributed by atoms with Crippen LogP contribution in [0.1, 0.15) is 29.6 Å². The molecule has 1 heterocycles. The molecule has 0 radical (unpaired) electrons. The molecule has 3 aliphatic rings. The molecule has 2 aromatic carbocycles. The van der Waals surface area contributed by atoms with E-state index < -0.39 is 0 Å². The number of nitrogens with one attached hydrogen (secondary N) is 1. The molecular weight excluding hydrogens is 359 g/mol. The number of hydrogen-bond acceptors (Lipinski definition) is 3. The van der Waals surface area contributed by atoms with Gasteiger partial charge in [0.15, 0.2) is 0 Å². The standard InChI is InChI=1S/C22H19FN2O3/c23-15-6-8-16(9-7-15)24-20(26)14-2-1-3-17(11-14)25-21(27)18-12-4-5-13(10-12)19(18)22(25)28/h1-3,6-9,11-13,18-19H,4-5,10H2,(H,24,26)/t12-,13+,18-,19-/m0/s1. The summed E-state index contributed by atoms with van der Waals surface area (Å²) < 4.78 is 13.0. The highest BCUT2D eigenvalue weighted by Crippen LogP contribution is 2.56. The van der Waals surface area contributed by atoms with Crippen molar-refractivity contribution >= 4 is 29.1 Å². The predicted octanol–water partition coefficient (Wildman–Crippen LogP) is 3.61. The van der Waals surface area contributed by atoms with E-state index in [4.69, 9.17) is 0 Å². The first-order valence-corrected chi connectivity index (χ1v) is 9.58. The molecule has 1 aliphatic heterocycles. The van der Waals surface area contributed by atoms with Gasteiger partial charge in [-0.25, -0.2) is 4.39 Å². The first-order valence-electron chi connectivity index (χ1n) is 9.58. The molecule has 28 heavy (non-hydrogen) atoms. The fourth-order valence-electron chi connectivity index (χ4n) is 5.19. The van der Waals surface area contributed by atoms with E-state index in [0.29, 0.717) is 28.8 Å². The fraction of sp³-hybridized carbons (Fsp3) is 0.318. The third-order valence-corrected chi connectivity index (χ3v) is 6.40. The predicted molar refractivity (Wildman–Crippen MR) is 101 cm³/mol. The summed E-state index contributed by atoms with van der Waals surface area (Å²) in [6.45, 7) is 0. The Kier molecular flexibility index (Phi) is 3.82. The van der Waals surface area contributed by atoms with Gasteiger partial charge < -0.3 is 5.32 Å². The average molecular weight is 378 g/mol. The van der Waals surface area contributed by atoms with Crippen LogP contribution < -0.4 is 10.2 Å². The second kappa shape index (κ2) is 6.26. The van der Waals surface area contributed by atoms with Crippen molar-refractivity contribution in [2.24, 2.45) is 23.7 Å². The van der Waals surface area contributed by atoms with Crippen molar-refractivity contribution < 1.29 is 18.8 Å². The van der Waals surface area contributed by atoms with E-state index in [1.807, 2.05) is 0 Å². The number of nitrogens with zero attached hydrogens (tertiary/aromatic N) is 1. The number of fused-ring (bicyclic) bond motifs is 5. The SMILES string of the molecule is O=C(Nc1ccc(F)cc1)c1cccc(N2C(=O)[C@H]3[C@@H]4CC[C@@H](C4)[C@@H]3C2=O)c1. The summed E-state index contributed by atoms with van der Waals surface area (Å²) in [5, 5.41) is 2.70. The first kappa shape index (κ1) is 17.1. The molecule has 2 aliphatic carbocycles. The van der Waals surface area contributed by atoms with Gasteiger partial charge in [0.2, 0.25) is 11.8 Å². The smallest absolute Gasteiger partial charge is 0.255 e. The summed E-state index contributed by atoms with van der Waals surface area (Å²) in [4.78, 5) is 39.7. The monoisotopic (exact) mass is 378 g/mol. The number of carbonyl (C=O) groups is 3. The molecule has 5 rings (SSSR count). The molecule has 3 amide bonds. The van der Waals surface area contributed by atoms with E-state index in [-0.39, 0.29) is 35.4 Å². The van der Waals surface area contributed by atoms with Crippen LogP contribution in [-0.4, -0.2) is 17.7 Å². The van der Waals surface area contributed by atoms with Gasteiger partial charge in [-0.1, -0.05) is 6.07 Å². The Bertz CT molecular complexity index is 960. The molecule has 3 fully saturated rings. The van der Waals surface area contributed by atoms with Crippen LogP contribution in [-0.2, 0) is 9.59 Å². The van der Waals surface area contributed by atoms with Crippen LogP contribution in [0.15, 0.2) is 48.5 Å². The van der Waals surface area contributed by atoms with Crippen molar-refractivity contribution in [2.45, 2.75) is 19.3 Å². The number of halogens is 1. The molecule has 1 saturated heterocycles. The van der Waals surface area contributed by atoms with Gasteiger partial charge in [0.05, 0.1) is 17.5 Å². The summed E-state index contributed by atoms with van der Waals surface area (Å²) in [6.07, 6.45) is 3.04. The molecule has 2 saturated carbocycles. The number of carbonyl (C=O) groups excluding carboxylic acids is 3. The molecule has 4 atom stereocenters. The van der Waals surface area contributed by atoms with E-state index >= 15 is 0 Å². The van der Waals surface area contributed by atoms with Crippen molar-refractivity contribution in [3.63, 3.8) is 0 Å². The number of imide groups is 1. The zero-order chi connectivity index (χ0) is 19.4. The van der Waals surface area contributed by atoms with Gasteiger partial charge in [0.25, 0.3) is 5.91 Å². The molecule has 2 aromatic rings. The number of rotatable bonds is 3. The van der Waals surface area contributed by atoms with E-state index in [9.17, 15) is 18.8 Å². The molecule has 0 aromatic heterocycles. The largest absolute Gasteiger partial charge is 0.322 e. The van der Waals surface area contributed by atoms with Crippen molar-refractivity contribution in [1.82, 2.24) is 0 Å². The quantitative estimate of drug-likeness (QED) is 0.830. The Labute approximate surface area is 161 Å². The average Bonchev–Trinajstić information content (AvgIpc) is 3.37. The van der Waals surface area contributed by atoms with E-state index in [1.54, 1.807) is 24.3 Å². The fourth-order valence-corrected chi connectivity index (χ4v) is 5.19. The Hall–Kier alpha value is -3.02. The van der Waals surface area contributed by atoms with E-state index in [1.165, 1.54) is 29.2 Å². The minimum atomic E-state index is -0.384. The van der Waals surface area contributed by atoms with E-state index in [2.05, 4.69) is 5.32 Å². The van der Waals surface area contributed by atoms with Crippen LogP contribution in [0.2, 0.25) is 0 Å². The molecule has 5 nitrogen and oxygen atoms in total. The molecular formula is C22H19FN2O3. The van der Waals surface area contributed by atoms with Gasteiger partial charge in [-0.15, -0.1) is 0 Å². The van der Waals surface area contributed by atoms with Crippen LogP contribution in [0.5, 0.6) is 0 Å². The van der Waals surface area contributed by atoms with Gasteiger partial charge in [-0.05, 0) is 73.6 Å². The van der Waals surface area contributed by atoms with Crippen molar-refractivity contribution in [3.05, 3.63) is 59.9 Å². The topological polar surface area (TPSA) is 66.5 Å². The third kappa shape index (κ3) is 2.55. The van der Waals surface area contributed by atoms with Gasteiger partial charge >= 0.3 is 0 Å². The lowest BCUT2D eigenvalue weighted by Gasteiger charge is -2.19. The highest BCUT2D eigenvalue weighted by Gasteiger charge is 2.61. The number of anilines is 2. The number of amides is 3. The zero-order valence-corrected chi connectivity index (χ0v) is 15.1. The summed E-state index contributed by atoms with van der Waals surface area (Å²) in [5.74, 6) is -0.760. The summed E-state index contributed by atoms with van der Waals surface area (Å²) in [6, 6.07) is 12.0. The molecule has 6 heteroatoms. The van der Waals surface area contributed by atoms with Crippen molar-refractivity contribution in [1.29, 1.82) is 0 Å². The van der Waals surface area contributed by atoms with Crippen LogP contribution >= 0.6 is 0 Å². The maximum absolute atomic E-state index is 13.0. The van der Waals surface area contributed by atoms with Crippen molar-refractivity contribution in [3.8, 4) is 0 Å². The Morgan fingerprint density at radius 3 is 2.25 bits per heavy atom. The number of benzene rings is 2. The highest BCUT2D eigenvalue weighted by molar-refractivity contribution is 6.23. The lowest BCUT2D eigenvalue weighted by molar-refractivity contribution is -0.123.